The molecule has 12 heteroatoms. The molecule has 0 unspecified atom stereocenters. The zero-order valence-corrected chi connectivity index (χ0v) is 91.9. The van der Waals surface area contributed by atoms with Crippen LogP contribution in [0.15, 0.2) is 146 Å². The van der Waals surface area contributed by atoms with Gasteiger partial charge >= 0.3 is 0 Å². The van der Waals surface area contributed by atoms with Crippen LogP contribution in [0.1, 0.15) is 450 Å². The van der Waals surface area contributed by atoms with Crippen LogP contribution < -0.4 is 0 Å². The molecule has 16 rings (SSSR count). The van der Waals surface area contributed by atoms with Crippen molar-refractivity contribution >= 4 is 0 Å². The summed E-state index contributed by atoms with van der Waals surface area (Å²) >= 11 is 0. The Morgan fingerprint density at radius 2 is 0.197 bits per heavy atom. The topological polar surface area (TPSA) is 243 Å². The van der Waals surface area contributed by atoms with Gasteiger partial charge in [0.2, 0.25) is 0 Å². The van der Waals surface area contributed by atoms with E-state index in [1.807, 2.05) is 48.5 Å². The summed E-state index contributed by atoms with van der Waals surface area (Å²) in [4.78, 5) is 0. The van der Waals surface area contributed by atoms with E-state index in [1.54, 1.807) is 0 Å². The molecule has 0 saturated heterocycles. The quantitative estimate of drug-likeness (QED) is 0.0679. The van der Waals surface area contributed by atoms with Crippen LogP contribution in [0.2, 0.25) is 0 Å². The molecule has 0 saturated carbocycles. The lowest BCUT2D eigenvalue weighted by Crippen LogP contribution is -2.24. The van der Waals surface area contributed by atoms with Gasteiger partial charge in [0, 0.05) is 83.9 Å². The summed E-state index contributed by atoms with van der Waals surface area (Å²) < 4.78 is 0. The summed E-state index contributed by atoms with van der Waals surface area (Å²) in [5, 5.41) is 164. The van der Waals surface area contributed by atoms with Crippen LogP contribution >= 0.6 is 0 Å². The van der Waals surface area contributed by atoms with Crippen LogP contribution in [0.25, 0.3) is 0 Å². The van der Waals surface area contributed by atoms with Gasteiger partial charge in [-0.2, -0.15) is 0 Å². The zero-order valence-electron chi connectivity index (χ0n) is 91.9. The summed E-state index contributed by atoms with van der Waals surface area (Å²) in [5.41, 5.74) is 12.0. The summed E-state index contributed by atoms with van der Waals surface area (Å²) in [5.74, 6) is 0.336. The van der Waals surface area contributed by atoms with Crippen molar-refractivity contribution in [1.29, 1.82) is 0 Å². The molecule has 0 fully saturated rings. The molecule has 0 aliphatic heterocycles. The van der Waals surface area contributed by atoms with Crippen LogP contribution in [-0.2, 0) is 127 Å². The van der Waals surface area contributed by atoms with Crippen molar-refractivity contribution in [2.75, 3.05) is 0 Å². The monoisotopic (exact) mass is 1910 g/mol. The second-order valence-corrected chi connectivity index (χ2v) is 54.0. The van der Waals surface area contributed by atoms with E-state index in [1.165, 1.54) is 0 Å². The molecule has 0 atom stereocenters. The normalized spacial score (nSPS) is 16.5. The molecule has 12 N–H and O–H groups in total. The highest BCUT2D eigenvalue weighted by atomic mass is 16.3. The van der Waals surface area contributed by atoms with Gasteiger partial charge in [-0.3, -0.25) is 0 Å². The third-order valence-corrected chi connectivity index (χ3v) is 32.8. The minimum absolute atomic E-state index is 0.00446. The third-order valence-electron chi connectivity index (χ3n) is 32.8. The van der Waals surface area contributed by atoms with Gasteiger partial charge in [0.05, 0.1) is 0 Å². The van der Waals surface area contributed by atoms with E-state index in [0.717, 1.165) is 66.8 Å². The molecule has 0 aromatic heterocycles. The van der Waals surface area contributed by atoms with Gasteiger partial charge in [-0.15, -0.1) is 0 Å². The first-order valence-corrected chi connectivity index (χ1v) is 51.2. The molecule has 0 spiro atoms. The van der Waals surface area contributed by atoms with Crippen LogP contribution in [0.4, 0.5) is 0 Å². The average Bonchev–Trinajstić information content (AvgIpc) is 0.747. The first-order chi connectivity index (χ1) is 64.8. The molecule has 12 aromatic rings. The highest BCUT2D eigenvalue weighted by Gasteiger charge is 2.43. The van der Waals surface area contributed by atoms with Crippen molar-refractivity contribution < 1.29 is 61.3 Å². The Bertz CT molecular complexity index is 5910. The minimum atomic E-state index is -1.10. The second kappa shape index (κ2) is 34.5. The largest absolute Gasteiger partial charge is 0.507 e. The average molecular weight is 1910 g/mol. The molecule has 12 aromatic carbocycles. The maximum atomic E-state index is 14.0. The predicted molar refractivity (Wildman–Crippen MR) is 582 cm³/mol. The number of phenols is 12. The second-order valence-electron chi connectivity index (χ2n) is 54.0. The Morgan fingerprint density at radius 3 is 0.275 bits per heavy atom. The van der Waals surface area contributed by atoms with Crippen molar-refractivity contribution in [2.24, 2.45) is 0 Å². The standard InChI is InChI=1S/C130H160O12/c1-117(2,3)97-61-89-53-77(109(97)135)37-69-45-85-46-70(105(69)131)38-79-55-91(63-99(111(79)137)119(7,8)9)128(31,32)92-58-82(114(140)100(64-92)120(10,11)12)42-74-50-87(47-71(106(74)132)39-78-54-90(127(89,29)30)62-98(110(78)136)118(4,5)6)126(27,28)88-51-75-43-83-59-95(67-103(115(83)141)123(19,20)21)129(33,34)93-56-80(112(138)101(65-93)121(13,14)15)40-72-48-86(125(85,25)26)49-73(107(72)133)41-81-57-94(66-102(113(81)139)122(16,17)18)130(35,36)96-60-84(44-76(52-88)108(75)134)116(142)104(68-96)124(22,23)24/h45-68,131-142H,37-44H2,1-36H3. The maximum Gasteiger partial charge on any atom is 0.122 e. The van der Waals surface area contributed by atoms with Crippen LogP contribution in [0, 0.1) is 0 Å². The van der Waals surface area contributed by atoms with Crippen molar-refractivity contribution in [1.82, 2.24) is 0 Å². The smallest absolute Gasteiger partial charge is 0.122 e. The van der Waals surface area contributed by atoms with Gasteiger partial charge < -0.3 is 61.3 Å². The van der Waals surface area contributed by atoms with Crippen molar-refractivity contribution in [3.05, 3.63) is 346 Å². The van der Waals surface area contributed by atoms with E-state index in [2.05, 4.69) is 346 Å². The molecule has 142 heavy (non-hydrogen) atoms. The van der Waals surface area contributed by atoms with Crippen molar-refractivity contribution in [3.63, 3.8) is 0 Å². The number of hydrogen-bond donors (Lipinski definition) is 12. The fourth-order valence-corrected chi connectivity index (χ4v) is 22.3. The molecular formula is C130H160O12. The lowest BCUT2D eigenvalue weighted by molar-refractivity contribution is 0.434. The number of rotatable bonds is 0. The zero-order chi connectivity index (χ0) is 105. The Kier molecular flexibility index (Phi) is 25.4. The van der Waals surface area contributed by atoms with Gasteiger partial charge in [0.25, 0.3) is 0 Å². The molecule has 0 amide bonds. The Balaban J connectivity index is 1.20. The highest BCUT2D eigenvalue weighted by molar-refractivity contribution is 5.69. The third kappa shape index (κ3) is 18.8. The first-order valence-electron chi connectivity index (χ1n) is 51.2. The van der Waals surface area contributed by atoms with E-state index in [4.69, 9.17) is 0 Å². The van der Waals surface area contributed by atoms with Crippen molar-refractivity contribution in [2.45, 2.75) is 376 Å². The van der Waals surface area contributed by atoms with Gasteiger partial charge in [-0.1, -0.05) is 395 Å². The van der Waals surface area contributed by atoms with E-state index in [9.17, 15) is 61.3 Å². The lowest BCUT2D eigenvalue weighted by Gasteiger charge is -2.34. The number of benzene rings is 12. The van der Waals surface area contributed by atoms with Gasteiger partial charge in [-0.05, 0) is 244 Å². The Hall–Kier alpha value is -11.8. The summed E-state index contributed by atoms with van der Waals surface area (Å²) in [6, 6.07) is 49.5. The summed E-state index contributed by atoms with van der Waals surface area (Å²) in [6.45, 7) is 75.8. The molecule has 4 aliphatic rings. The van der Waals surface area contributed by atoms with Gasteiger partial charge in [-0.25, -0.2) is 0 Å². The van der Waals surface area contributed by atoms with E-state index in [-0.39, 0.29) is 120 Å². The van der Waals surface area contributed by atoms with Crippen LogP contribution in [0.5, 0.6) is 69.0 Å². The summed E-state index contributed by atoms with van der Waals surface area (Å²) in [7, 11) is 0. The number of phenolic OH excluding ortho intramolecular Hbond substituents is 12. The predicted octanol–water partition coefficient (Wildman–Crippen LogP) is 30.2. The fraction of sp³-hybridized carbons (Fsp3) is 0.446. The minimum Gasteiger partial charge on any atom is -0.507 e. The van der Waals surface area contributed by atoms with Gasteiger partial charge in [0.15, 0.2) is 0 Å². The molecule has 4 aliphatic carbocycles. The van der Waals surface area contributed by atoms with E-state index in [0.29, 0.717) is 134 Å². The Morgan fingerprint density at radius 1 is 0.127 bits per heavy atom. The number of hydrogen-bond acceptors (Lipinski definition) is 12. The lowest BCUT2D eigenvalue weighted by atomic mass is 9.70. The molecule has 12 nitrogen and oxygen atoms in total. The maximum absolute atomic E-state index is 14.0. The van der Waals surface area contributed by atoms with E-state index < -0.39 is 75.8 Å². The Labute approximate surface area is 847 Å². The molecule has 752 valence electrons. The SMILES string of the molecule is CC(C)(C)c1cc2cc(c1O)Cc1cc3cc(c1O)Cc1cc(cc(C(C)(C)C)c1O)C(C)(C)c1cc(c(O)c(C(C)(C)C)c1)Cc1cc(cc(c1O)Cc1cc(cc(C(C)(C)C)c1O)C2(C)C)C(C)(C)c1cc2c(O)c(c1)Cc1cc(cc(C(C)(C)C)c1O)C(C)(C)c1cc(c(O)c(C(C)(C)C)c1)Cc1cc(cc(c1O)Cc1cc(cc(C(C)(C)C)c1O)C(C)(C)c1cc(c(O)c(C(C)(C)C)c1)C2)C3(C)C. The van der Waals surface area contributed by atoms with Gasteiger partial charge in [0.1, 0.15) is 69.0 Å². The van der Waals surface area contributed by atoms with E-state index >= 15 is 0 Å². The van der Waals surface area contributed by atoms with Crippen molar-refractivity contribution in [3.8, 4) is 69.0 Å². The molecule has 28 bridgehead atoms. The van der Waals surface area contributed by atoms with Crippen LogP contribution in [0.3, 0.4) is 0 Å². The summed E-state index contributed by atoms with van der Waals surface area (Å²) in [6.07, 6.45) is 0.0356. The molecular weight excluding hydrogens is 1750 g/mol. The first kappa shape index (κ1) is 105. The highest BCUT2D eigenvalue weighted by Crippen LogP contribution is 2.56. The number of aromatic hydroxyl groups is 12. The molecule has 0 radical (unpaired) electrons. The van der Waals surface area contributed by atoms with Crippen LogP contribution in [-0.4, -0.2) is 61.3 Å². The fourth-order valence-electron chi connectivity index (χ4n) is 22.3. The molecule has 0 heterocycles.